The molecular weight excluding hydrogens is 180 g/mol. The second-order valence-corrected chi connectivity index (χ2v) is 4.25. The minimum Gasteiger partial charge on any atom is -0.370 e. The van der Waals surface area contributed by atoms with E-state index >= 15 is 0 Å². The topological polar surface area (TPSA) is 41.6 Å². The maximum absolute atomic E-state index is 11.3. The maximum Gasteiger partial charge on any atom is 0.219 e. The molecule has 4 nitrogen and oxygen atoms in total. The first-order valence-electron chi connectivity index (χ1n) is 5.32. The number of ether oxygens (including phenoxy) is 1. The third-order valence-electron chi connectivity index (χ3n) is 3.12. The van der Waals surface area contributed by atoms with Gasteiger partial charge in [0.1, 0.15) is 0 Å². The number of hydrogen-bond donors (Lipinski definition) is 1. The molecule has 4 heteroatoms. The lowest BCUT2D eigenvalue weighted by molar-refractivity contribution is -0.143. The highest BCUT2D eigenvalue weighted by molar-refractivity contribution is 5.73. The second kappa shape index (κ2) is 3.87. The van der Waals surface area contributed by atoms with Crippen molar-refractivity contribution in [1.29, 1.82) is 0 Å². The molecule has 2 rings (SSSR count). The van der Waals surface area contributed by atoms with Crippen molar-refractivity contribution in [1.82, 2.24) is 10.2 Å². The Hall–Kier alpha value is -0.610. The largest absolute Gasteiger partial charge is 0.370 e. The van der Waals surface area contributed by atoms with Crippen molar-refractivity contribution in [2.24, 2.45) is 0 Å². The van der Waals surface area contributed by atoms with Crippen LogP contribution in [0.25, 0.3) is 0 Å². The number of amides is 1. The number of hydrogen-bond acceptors (Lipinski definition) is 3. The molecule has 0 unspecified atom stereocenters. The molecule has 14 heavy (non-hydrogen) atoms. The van der Waals surface area contributed by atoms with E-state index in [0.29, 0.717) is 0 Å². The molecule has 1 amide bonds. The third kappa shape index (κ3) is 1.91. The van der Waals surface area contributed by atoms with Crippen molar-refractivity contribution in [3.8, 4) is 0 Å². The summed E-state index contributed by atoms with van der Waals surface area (Å²) < 4.78 is 5.83. The molecule has 2 aliphatic rings. The summed E-state index contributed by atoms with van der Waals surface area (Å²) in [6, 6.07) is 0. The van der Waals surface area contributed by atoms with Crippen molar-refractivity contribution in [3.05, 3.63) is 0 Å². The number of carbonyl (C=O) groups is 1. The minimum absolute atomic E-state index is 0.0951. The number of carbonyl (C=O) groups excluding carboxylic acids is 1. The molecule has 0 saturated carbocycles. The van der Waals surface area contributed by atoms with Gasteiger partial charge in [0.2, 0.25) is 5.91 Å². The molecule has 80 valence electrons. The Morgan fingerprint density at radius 1 is 1.57 bits per heavy atom. The molecule has 0 bridgehead atoms. The SMILES string of the molecule is CC(=O)N1CCC[C@@]2(CNCCO2)C1. The van der Waals surface area contributed by atoms with Gasteiger partial charge in [-0.15, -0.1) is 0 Å². The Kier molecular flexibility index (Phi) is 2.74. The van der Waals surface area contributed by atoms with Gasteiger partial charge < -0.3 is 15.0 Å². The fraction of sp³-hybridized carbons (Fsp3) is 0.900. The molecular formula is C10H18N2O2. The van der Waals surface area contributed by atoms with Gasteiger partial charge in [0.05, 0.1) is 18.8 Å². The van der Waals surface area contributed by atoms with Crippen LogP contribution in [0.3, 0.4) is 0 Å². The average Bonchev–Trinajstić information content (AvgIpc) is 2.19. The molecule has 0 aromatic carbocycles. The normalized spacial score (nSPS) is 33.4. The highest BCUT2D eigenvalue weighted by Crippen LogP contribution is 2.26. The van der Waals surface area contributed by atoms with Gasteiger partial charge in [-0.2, -0.15) is 0 Å². The van der Waals surface area contributed by atoms with Gasteiger partial charge in [0, 0.05) is 26.6 Å². The minimum atomic E-state index is -0.0951. The van der Waals surface area contributed by atoms with E-state index < -0.39 is 0 Å². The third-order valence-corrected chi connectivity index (χ3v) is 3.12. The highest BCUT2D eigenvalue weighted by atomic mass is 16.5. The summed E-state index contributed by atoms with van der Waals surface area (Å²) in [7, 11) is 0. The van der Waals surface area contributed by atoms with Crippen molar-refractivity contribution in [2.45, 2.75) is 25.4 Å². The van der Waals surface area contributed by atoms with E-state index in [1.807, 2.05) is 4.90 Å². The fourth-order valence-electron chi connectivity index (χ4n) is 2.34. The summed E-state index contributed by atoms with van der Waals surface area (Å²) in [6.45, 7) is 5.87. The van der Waals surface area contributed by atoms with E-state index in [4.69, 9.17) is 4.74 Å². The number of morpholine rings is 1. The predicted octanol–water partition coefficient (Wildman–Crippen LogP) is -0.0127. The van der Waals surface area contributed by atoms with Crippen LogP contribution in [0, 0.1) is 0 Å². The Bertz CT molecular complexity index is 219. The molecule has 2 saturated heterocycles. The van der Waals surface area contributed by atoms with Crippen LogP contribution in [0.15, 0.2) is 0 Å². The van der Waals surface area contributed by atoms with Crippen molar-refractivity contribution in [2.75, 3.05) is 32.8 Å². The van der Waals surface area contributed by atoms with E-state index in [9.17, 15) is 4.79 Å². The zero-order valence-electron chi connectivity index (χ0n) is 8.71. The second-order valence-electron chi connectivity index (χ2n) is 4.25. The lowest BCUT2D eigenvalue weighted by Crippen LogP contribution is -2.59. The fourth-order valence-corrected chi connectivity index (χ4v) is 2.34. The number of piperidine rings is 1. The van der Waals surface area contributed by atoms with Crippen LogP contribution in [-0.2, 0) is 9.53 Å². The van der Waals surface area contributed by atoms with Gasteiger partial charge in [-0.05, 0) is 12.8 Å². The summed E-state index contributed by atoms with van der Waals surface area (Å²) in [5, 5.41) is 3.34. The summed E-state index contributed by atoms with van der Waals surface area (Å²) in [6.07, 6.45) is 2.13. The van der Waals surface area contributed by atoms with Crippen LogP contribution in [0.2, 0.25) is 0 Å². The Balaban J connectivity index is 2.01. The van der Waals surface area contributed by atoms with Crippen LogP contribution in [0.1, 0.15) is 19.8 Å². The Morgan fingerprint density at radius 3 is 3.07 bits per heavy atom. The van der Waals surface area contributed by atoms with E-state index in [0.717, 1.165) is 45.6 Å². The highest BCUT2D eigenvalue weighted by Gasteiger charge is 2.38. The van der Waals surface area contributed by atoms with Crippen LogP contribution in [-0.4, -0.2) is 49.2 Å². The summed E-state index contributed by atoms with van der Waals surface area (Å²) in [5.74, 6) is 0.165. The average molecular weight is 198 g/mol. The lowest BCUT2D eigenvalue weighted by atomic mass is 9.91. The first kappa shape index (κ1) is 9.93. The van der Waals surface area contributed by atoms with Crippen molar-refractivity contribution in [3.63, 3.8) is 0 Å². The molecule has 1 spiro atoms. The molecule has 0 radical (unpaired) electrons. The Morgan fingerprint density at radius 2 is 2.43 bits per heavy atom. The zero-order chi connectivity index (χ0) is 10.0. The maximum atomic E-state index is 11.3. The summed E-state index contributed by atoms with van der Waals surface area (Å²) in [4.78, 5) is 13.2. The molecule has 0 aromatic rings. The van der Waals surface area contributed by atoms with E-state index in [1.54, 1.807) is 6.92 Å². The van der Waals surface area contributed by atoms with Crippen molar-refractivity contribution < 1.29 is 9.53 Å². The van der Waals surface area contributed by atoms with Crippen LogP contribution in [0.4, 0.5) is 0 Å². The Labute approximate surface area is 84.6 Å². The predicted molar refractivity (Wildman–Crippen MR) is 53.0 cm³/mol. The number of rotatable bonds is 0. The molecule has 0 aromatic heterocycles. The molecule has 1 atom stereocenters. The van der Waals surface area contributed by atoms with Crippen LogP contribution >= 0.6 is 0 Å². The van der Waals surface area contributed by atoms with E-state index in [2.05, 4.69) is 5.32 Å². The summed E-state index contributed by atoms with van der Waals surface area (Å²) in [5.41, 5.74) is -0.0951. The van der Waals surface area contributed by atoms with E-state index in [-0.39, 0.29) is 11.5 Å². The van der Waals surface area contributed by atoms with Gasteiger partial charge in [0.15, 0.2) is 0 Å². The first-order chi connectivity index (χ1) is 6.72. The van der Waals surface area contributed by atoms with Gasteiger partial charge in [-0.1, -0.05) is 0 Å². The molecule has 2 aliphatic heterocycles. The van der Waals surface area contributed by atoms with E-state index in [1.165, 1.54) is 0 Å². The molecule has 0 aliphatic carbocycles. The zero-order valence-corrected chi connectivity index (χ0v) is 8.71. The molecule has 2 fully saturated rings. The molecule has 1 N–H and O–H groups in total. The number of nitrogens with zero attached hydrogens (tertiary/aromatic N) is 1. The van der Waals surface area contributed by atoms with Gasteiger partial charge in [-0.25, -0.2) is 0 Å². The number of likely N-dealkylation sites (tertiary alicyclic amines) is 1. The van der Waals surface area contributed by atoms with Crippen LogP contribution in [0.5, 0.6) is 0 Å². The van der Waals surface area contributed by atoms with Crippen molar-refractivity contribution >= 4 is 5.91 Å². The lowest BCUT2D eigenvalue weighted by Gasteiger charge is -2.44. The molecule has 2 heterocycles. The quantitative estimate of drug-likeness (QED) is 0.595. The first-order valence-corrected chi connectivity index (χ1v) is 5.32. The number of nitrogens with one attached hydrogen (secondary N) is 1. The smallest absolute Gasteiger partial charge is 0.219 e. The van der Waals surface area contributed by atoms with Gasteiger partial charge >= 0.3 is 0 Å². The summed E-state index contributed by atoms with van der Waals surface area (Å²) >= 11 is 0. The van der Waals surface area contributed by atoms with Crippen LogP contribution < -0.4 is 5.32 Å². The van der Waals surface area contributed by atoms with Gasteiger partial charge in [-0.3, -0.25) is 4.79 Å². The monoisotopic (exact) mass is 198 g/mol. The van der Waals surface area contributed by atoms with Gasteiger partial charge in [0.25, 0.3) is 0 Å². The standard InChI is InChI=1S/C10H18N2O2/c1-9(13)12-5-2-3-10(8-12)7-11-4-6-14-10/h11H,2-8H2,1H3/t10-/m1/s1.